The molecule has 0 aliphatic heterocycles. The number of benzene rings is 7. The van der Waals surface area contributed by atoms with E-state index in [0.29, 0.717) is 210 Å². The molecule has 16 bridgehead atoms. The molecule has 0 amide bonds. The van der Waals surface area contributed by atoms with Crippen LogP contribution in [0, 0.1) is 0 Å². The summed E-state index contributed by atoms with van der Waals surface area (Å²) < 4.78 is 0. The number of rotatable bonds is 2. The van der Waals surface area contributed by atoms with Crippen LogP contribution in [0.5, 0.6) is 0 Å². The molecule has 0 N–H and O–H groups in total. The van der Waals surface area contributed by atoms with Crippen molar-refractivity contribution in [3.63, 3.8) is 0 Å². The number of aromatic nitrogens is 22. The van der Waals surface area contributed by atoms with Crippen molar-refractivity contribution in [2.24, 2.45) is 0 Å². The van der Waals surface area contributed by atoms with Crippen LogP contribution in [-0.2, 0) is 0 Å². The van der Waals surface area contributed by atoms with Crippen LogP contribution in [0.1, 0.15) is 0 Å². The normalized spacial score (nSPS) is 12.5. The molecule has 0 radical (unpaired) electrons. The van der Waals surface area contributed by atoms with E-state index in [4.69, 9.17) is 110 Å². The largest absolute Gasteiger partial charge is 0.253 e. The van der Waals surface area contributed by atoms with E-state index in [2.05, 4.69) is 60.7 Å². The summed E-state index contributed by atoms with van der Waals surface area (Å²) in [6.07, 6.45) is 20.3. The van der Waals surface area contributed by atoms with Crippen LogP contribution in [0.2, 0.25) is 0 Å². The van der Waals surface area contributed by atoms with Crippen molar-refractivity contribution in [3.8, 4) is 22.5 Å². The minimum Gasteiger partial charge on any atom is -0.253 e. The molecule has 22 heteroatoms. The SMILES string of the molecule is c1cnc2c(cc3ncc4nc3c2c2ccc3ccc5ccc(nc5c3n2)c2c3nccnc3c(-c3ccc5ccc6ccc(-c7c8nccnc8c8c9ccc%10ccc%11ccc(nc%11c%10n9)c9c%10nccnc%10cc%10ncc(nc%109)c9cnc7c8n9)nc6c5n3)c3ncc4nc32)n1. The van der Waals surface area contributed by atoms with Gasteiger partial charge in [-0.1, -0.05) is 72.8 Å². The Morgan fingerprint density at radius 3 is 0.786 bits per heavy atom. The molecule has 23 aromatic rings. The molecule has 22 nitrogen and oxygen atoms in total. The molecule has 446 valence electrons. The predicted octanol–water partition coefficient (Wildman–Crippen LogP) is 14.8. The molecule has 7 aromatic carbocycles. The highest BCUT2D eigenvalue weighted by Crippen LogP contribution is 2.43. The maximum Gasteiger partial charge on any atom is 0.109 e. The molecule has 0 aliphatic carbocycles. The van der Waals surface area contributed by atoms with Crippen LogP contribution in [0.15, 0.2) is 196 Å². The quantitative estimate of drug-likeness (QED) is 0.115. The molecule has 0 aliphatic rings. The first kappa shape index (κ1) is 51.3. The summed E-state index contributed by atoms with van der Waals surface area (Å²) in [6, 6.07) is 40.4. The Morgan fingerprint density at radius 2 is 0.408 bits per heavy atom. The topological polar surface area (TPSA) is 284 Å². The second-order valence-electron chi connectivity index (χ2n) is 24.3. The van der Waals surface area contributed by atoms with Crippen molar-refractivity contribution in [3.05, 3.63) is 196 Å². The molecule has 23 rings (SSSR count). The maximum atomic E-state index is 5.60. The van der Waals surface area contributed by atoms with Gasteiger partial charge in [0, 0.05) is 81.9 Å². The lowest BCUT2D eigenvalue weighted by Crippen LogP contribution is -1.99. The van der Waals surface area contributed by atoms with E-state index in [1.54, 1.807) is 74.4 Å². The van der Waals surface area contributed by atoms with Crippen molar-refractivity contribution < 1.29 is 0 Å². The van der Waals surface area contributed by atoms with E-state index in [-0.39, 0.29) is 0 Å². The van der Waals surface area contributed by atoms with Crippen molar-refractivity contribution >= 4 is 219 Å². The maximum absolute atomic E-state index is 5.60. The average Bonchev–Trinajstić information content (AvgIpc) is 0.723. The summed E-state index contributed by atoms with van der Waals surface area (Å²) >= 11 is 0. The van der Waals surface area contributed by atoms with Gasteiger partial charge in [-0.2, -0.15) is 0 Å². The number of hydrogen-bond acceptors (Lipinski definition) is 22. The highest BCUT2D eigenvalue weighted by Gasteiger charge is 2.26. The van der Waals surface area contributed by atoms with Crippen molar-refractivity contribution in [1.29, 1.82) is 0 Å². The van der Waals surface area contributed by atoms with Gasteiger partial charge in [-0.25, -0.2) is 49.8 Å². The summed E-state index contributed by atoms with van der Waals surface area (Å²) in [5.41, 5.74) is 20.0. The van der Waals surface area contributed by atoms with Crippen molar-refractivity contribution in [1.82, 2.24) is 110 Å². The minimum absolute atomic E-state index is 0.468. The van der Waals surface area contributed by atoms with Crippen molar-refractivity contribution in [2.45, 2.75) is 0 Å². The fourth-order valence-electron chi connectivity index (χ4n) is 14.6. The monoisotopic (exact) mass is 1250 g/mol. The third kappa shape index (κ3) is 7.06. The Labute approximate surface area is 544 Å². The van der Waals surface area contributed by atoms with Gasteiger partial charge in [0.25, 0.3) is 0 Å². The molecule has 0 saturated heterocycles. The van der Waals surface area contributed by atoms with Gasteiger partial charge in [0.05, 0.1) is 146 Å². The first-order valence-corrected chi connectivity index (χ1v) is 31.3. The number of pyridine rings is 6. The van der Waals surface area contributed by atoms with Gasteiger partial charge in [-0.15, -0.1) is 0 Å². The summed E-state index contributed by atoms with van der Waals surface area (Å²) in [6.45, 7) is 0. The molecule has 0 fully saturated rings. The molecule has 0 unspecified atom stereocenters. The Hall–Kier alpha value is -14.3. The second kappa shape index (κ2) is 18.7. The van der Waals surface area contributed by atoms with Crippen LogP contribution >= 0.6 is 0 Å². The predicted molar refractivity (Wildman–Crippen MR) is 379 cm³/mol. The van der Waals surface area contributed by atoms with Gasteiger partial charge in [0.2, 0.25) is 0 Å². The van der Waals surface area contributed by atoms with Gasteiger partial charge in [0.15, 0.2) is 0 Å². The van der Waals surface area contributed by atoms with Crippen LogP contribution < -0.4 is 0 Å². The second-order valence-corrected chi connectivity index (χ2v) is 24.3. The van der Waals surface area contributed by atoms with E-state index >= 15 is 0 Å². The first-order valence-electron chi connectivity index (χ1n) is 31.3. The van der Waals surface area contributed by atoms with E-state index in [9.17, 15) is 0 Å². The van der Waals surface area contributed by atoms with E-state index in [0.717, 1.165) is 32.3 Å². The Balaban J connectivity index is 0.787. The molecule has 98 heavy (non-hydrogen) atoms. The summed E-state index contributed by atoms with van der Waals surface area (Å²) in [5.74, 6) is 0. The standard InChI is InChI=1S/C76H32N22/c1-5-37-11-17-43-57-71-69(81-23-25-83-71)55(73-75(57)97-51(31-87-73)49-29-85-47-27-45-65(79-21-19-77-45)53(67(47)95-49)39-13-7-33(1)59(89-39)63(37)93-43)41-15-9-35-3-4-36-10-16-42(92-62(36)61(35)91-41)56-70-72(84-26-24-82-70)58-44-18-12-38-6-2-34-8-14-40(90-60(34)64(38)94-44)54-66-46(78-20-22-80-66)28-48-68(54)96-50(30-86-48)52-32-88-74(56)76(58)98-52/h1-32H. The zero-order valence-corrected chi connectivity index (χ0v) is 50.3. The molecule has 16 heterocycles. The smallest absolute Gasteiger partial charge is 0.109 e. The fourth-order valence-corrected chi connectivity index (χ4v) is 14.6. The summed E-state index contributed by atoms with van der Waals surface area (Å²) in [4.78, 5) is 115. The molecule has 0 spiro atoms. The highest BCUT2D eigenvalue weighted by atomic mass is 14.9. The van der Waals surface area contributed by atoms with Crippen LogP contribution in [0.3, 0.4) is 0 Å². The molecular formula is C76H32N22. The first-order chi connectivity index (χ1) is 48.5. The van der Waals surface area contributed by atoms with Gasteiger partial charge in [-0.05, 0) is 48.5 Å². The fraction of sp³-hybridized carbons (Fsp3) is 0. The zero-order chi connectivity index (χ0) is 63.6. The van der Waals surface area contributed by atoms with Gasteiger partial charge < -0.3 is 0 Å². The van der Waals surface area contributed by atoms with Gasteiger partial charge in [0.1, 0.15) is 88.3 Å². The van der Waals surface area contributed by atoms with Crippen LogP contribution in [-0.4, -0.2) is 110 Å². The third-order valence-electron chi connectivity index (χ3n) is 19.0. The molecule has 0 atom stereocenters. The summed E-state index contributed by atoms with van der Waals surface area (Å²) in [5, 5.41) is 7.93. The van der Waals surface area contributed by atoms with Gasteiger partial charge >= 0.3 is 0 Å². The Kier molecular flexibility index (Phi) is 9.80. The van der Waals surface area contributed by atoms with Crippen LogP contribution in [0.25, 0.3) is 242 Å². The van der Waals surface area contributed by atoms with E-state index < -0.39 is 0 Å². The lowest BCUT2D eigenvalue weighted by atomic mass is 9.99. The number of fused-ring (bicyclic) bond motifs is 25. The third-order valence-corrected chi connectivity index (χ3v) is 19.0. The zero-order valence-electron chi connectivity index (χ0n) is 50.3. The number of nitrogens with zero attached hydrogens (tertiary/aromatic N) is 22. The average molecular weight is 1250 g/mol. The van der Waals surface area contributed by atoms with Crippen molar-refractivity contribution in [2.75, 3.05) is 0 Å². The minimum atomic E-state index is 0.468. The van der Waals surface area contributed by atoms with E-state index in [1.807, 2.05) is 60.7 Å². The molecule has 0 saturated carbocycles. The molecule has 16 aromatic heterocycles. The van der Waals surface area contributed by atoms with Gasteiger partial charge in [-0.3, -0.25) is 59.8 Å². The van der Waals surface area contributed by atoms with Crippen LogP contribution in [0.4, 0.5) is 0 Å². The lowest BCUT2D eigenvalue weighted by Gasteiger charge is -2.14. The molecular weight excluding hydrogens is 1220 g/mol. The highest BCUT2D eigenvalue weighted by molar-refractivity contribution is 6.27. The Morgan fingerprint density at radius 1 is 0.153 bits per heavy atom. The lowest BCUT2D eigenvalue weighted by molar-refractivity contribution is 1.28. The summed E-state index contributed by atoms with van der Waals surface area (Å²) in [7, 11) is 0. The Bertz CT molecular complexity index is 7280. The van der Waals surface area contributed by atoms with E-state index in [1.165, 1.54) is 0 Å². The number of hydrogen-bond donors (Lipinski definition) is 0.